The number of nitrogens with one attached hydrogen (secondary N) is 1. The zero-order chi connectivity index (χ0) is 13.9. The van der Waals surface area contributed by atoms with Crippen LogP contribution in [-0.2, 0) is 9.53 Å². The average molecular weight is 269 g/mol. The molecule has 2 fully saturated rings. The molecule has 0 bridgehead atoms. The van der Waals surface area contributed by atoms with Crippen LogP contribution in [0.3, 0.4) is 0 Å². The van der Waals surface area contributed by atoms with E-state index in [1.165, 1.54) is 0 Å². The predicted molar refractivity (Wildman–Crippen MR) is 73.7 cm³/mol. The van der Waals surface area contributed by atoms with Crippen molar-refractivity contribution in [2.45, 2.75) is 64.1 Å². The van der Waals surface area contributed by atoms with E-state index in [1.54, 1.807) is 0 Å². The highest BCUT2D eigenvalue weighted by atomic mass is 16.5. The second-order valence-electron chi connectivity index (χ2n) is 6.43. The minimum absolute atomic E-state index is 0.179. The smallest absolute Gasteiger partial charge is 0.251 e. The van der Waals surface area contributed by atoms with E-state index in [0.29, 0.717) is 31.2 Å². The molecule has 0 spiro atoms. The van der Waals surface area contributed by atoms with Crippen molar-refractivity contribution in [2.75, 3.05) is 13.2 Å². The van der Waals surface area contributed by atoms with Crippen LogP contribution in [0.15, 0.2) is 0 Å². The van der Waals surface area contributed by atoms with Crippen LogP contribution in [0.25, 0.3) is 0 Å². The van der Waals surface area contributed by atoms with Gasteiger partial charge in [0.2, 0.25) is 0 Å². The quantitative estimate of drug-likeness (QED) is 0.819. The summed E-state index contributed by atoms with van der Waals surface area (Å²) < 4.78 is 5.72. The number of amides is 1. The highest BCUT2D eigenvalue weighted by Crippen LogP contribution is 2.29. The molecule has 0 aromatic carbocycles. The van der Waals surface area contributed by atoms with Gasteiger partial charge in [-0.1, -0.05) is 33.1 Å². The van der Waals surface area contributed by atoms with Gasteiger partial charge in [-0.05, 0) is 25.2 Å². The first-order valence-corrected chi connectivity index (χ1v) is 7.65. The van der Waals surface area contributed by atoms with Gasteiger partial charge in [-0.15, -0.1) is 0 Å². The largest absolute Gasteiger partial charge is 0.380 e. The first-order valence-electron chi connectivity index (χ1n) is 7.65. The minimum atomic E-state index is -1.12. The molecule has 1 aliphatic heterocycles. The molecule has 1 aliphatic carbocycles. The third-order valence-corrected chi connectivity index (χ3v) is 4.55. The molecule has 0 aromatic rings. The van der Waals surface area contributed by atoms with E-state index >= 15 is 0 Å². The molecule has 2 aliphatic rings. The molecule has 110 valence electrons. The van der Waals surface area contributed by atoms with E-state index in [0.717, 1.165) is 32.3 Å². The van der Waals surface area contributed by atoms with Crippen molar-refractivity contribution >= 4 is 5.91 Å². The minimum Gasteiger partial charge on any atom is -0.380 e. The Kier molecular flexibility index (Phi) is 4.85. The highest BCUT2D eigenvalue weighted by molar-refractivity contribution is 5.84. The van der Waals surface area contributed by atoms with Gasteiger partial charge in [-0.2, -0.15) is 0 Å². The maximum atomic E-state index is 12.2. The van der Waals surface area contributed by atoms with Gasteiger partial charge in [0, 0.05) is 19.1 Å². The van der Waals surface area contributed by atoms with E-state index in [1.807, 2.05) is 0 Å². The summed E-state index contributed by atoms with van der Waals surface area (Å²) in [7, 11) is 0. The molecule has 1 saturated carbocycles. The molecule has 0 radical (unpaired) electrons. The lowest BCUT2D eigenvalue weighted by Crippen LogP contribution is -2.49. The molecule has 4 nitrogen and oxygen atoms in total. The fraction of sp³-hybridized carbons (Fsp3) is 0.933. The molecule has 0 aromatic heterocycles. The summed E-state index contributed by atoms with van der Waals surface area (Å²) in [6.07, 6.45) is 5.47. The van der Waals surface area contributed by atoms with E-state index < -0.39 is 5.60 Å². The fourth-order valence-corrected chi connectivity index (χ4v) is 3.36. The Bertz CT molecular complexity index is 311. The summed E-state index contributed by atoms with van der Waals surface area (Å²) >= 11 is 0. The number of carbonyl (C=O) groups is 1. The average Bonchev–Trinajstić information content (AvgIpc) is 2.85. The van der Waals surface area contributed by atoms with Crippen molar-refractivity contribution in [1.82, 2.24) is 5.32 Å². The lowest BCUT2D eigenvalue weighted by Gasteiger charge is -2.31. The van der Waals surface area contributed by atoms with Crippen LogP contribution in [0.5, 0.6) is 0 Å². The number of carbonyl (C=O) groups excluding carboxylic acids is 1. The Hall–Kier alpha value is -0.610. The van der Waals surface area contributed by atoms with Crippen molar-refractivity contribution in [3.63, 3.8) is 0 Å². The molecule has 2 atom stereocenters. The van der Waals surface area contributed by atoms with Gasteiger partial charge in [0.15, 0.2) is 0 Å². The number of hydrogen-bond acceptors (Lipinski definition) is 3. The first-order chi connectivity index (χ1) is 9.03. The Morgan fingerprint density at radius 3 is 2.68 bits per heavy atom. The van der Waals surface area contributed by atoms with E-state index in [2.05, 4.69) is 19.2 Å². The topological polar surface area (TPSA) is 58.6 Å². The van der Waals surface area contributed by atoms with Gasteiger partial charge in [0.1, 0.15) is 5.60 Å². The molecule has 2 N–H and O–H groups in total. The Morgan fingerprint density at radius 2 is 2.05 bits per heavy atom. The van der Waals surface area contributed by atoms with E-state index in [9.17, 15) is 9.90 Å². The zero-order valence-electron chi connectivity index (χ0n) is 12.2. The molecule has 2 rings (SSSR count). The second kappa shape index (κ2) is 6.23. The van der Waals surface area contributed by atoms with Crippen LogP contribution >= 0.6 is 0 Å². The van der Waals surface area contributed by atoms with Crippen LogP contribution in [0.2, 0.25) is 0 Å². The van der Waals surface area contributed by atoms with E-state index in [4.69, 9.17) is 4.74 Å². The summed E-state index contributed by atoms with van der Waals surface area (Å²) in [4.78, 5) is 12.2. The molecule has 0 unspecified atom stereocenters. The third-order valence-electron chi connectivity index (χ3n) is 4.55. The maximum Gasteiger partial charge on any atom is 0.251 e. The monoisotopic (exact) mass is 269 g/mol. The molecule has 19 heavy (non-hydrogen) atoms. The summed E-state index contributed by atoms with van der Waals surface area (Å²) in [5, 5.41) is 13.3. The van der Waals surface area contributed by atoms with Gasteiger partial charge in [-0.25, -0.2) is 0 Å². The Morgan fingerprint density at radius 1 is 1.37 bits per heavy atom. The lowest BCUT2D eigenvalue weighted by atomic mass is 9.84. The molecule has 4 heteroatoms. The van der Waals surface area contributed by atoms with Crippen molar-refractivity contribution in [2.24, 2.45) is 11.8 Å². The number of ether oxygens (including phenoxy) is 1. The van der Waals surface area contributed by atoms with Gasteiger partial charge < -0.3 is 15.2 Å². The summed E-state index contributed by atoms with van der Waals surface area (Å²) in [6, 6.07) is 0. The zero-order valence-corrected chi connectivity index (χ0v) is 12.2. The fourth-order valence-electron chi connectivity index (χ4n) is 3.36. The molecule has 1 saturated heterocycles. The maximum absolute atomic E-state index is 12.2. The molecular weight excluding hydrogens is 242 g/mol. The number of aliphatic hydroxyl groups is 1. The predicted octanol–water partition coefficient (Wildman–Crippen LogP) is 1.86. The Labute approximate surface area is 115 Å². The SMILES string of the molecule is CC(C)[C@H]1OCC[C@@H]1CNC(=O)C1(O)CCCCC1. The summed E-state index contributed by atoms with van der Waals surface area (Å²) in [5.41, 5.74) is -1.12. The van der Waals surface area contributed by atoms with Crippen LogP contribution in [0.4, 0.5) is 0 Å². The Balaban J connectivity index is 1.83. The normalized spacial score (nSPS) is 30.5. The summed E-state index contributed by atoms with van der Waals surface area (Å²) in [5.74, 6) is 0.680. The molecule has 1 heterocycles. The first kappa shape index (κ1) is 14.8. The van der Waals surface area contributed by atoms with Gasteiger partial charge in [0.25, 0.3) is 5.91 Å². The van der Waals surface area contributed by atoms with Gasteiger partial charge in [0.05, 0.1) is 6.10 Å². The van der Waals surface area contributed by atoms with Crippen LogP contribution in [0, 0.1) is 11.8 Å². The number of hydrogen-bond donors (Lipinski definition) is 2. The molecular formula is C15H27NO3. The third kappa shape index (κ3) is 3.48. The highest BCUT2D eigenvalue weighted by Gasteiger charge is 2.38. The molecule has 1 amide bonds. The lowest BCUT2D eigenvalue weighted by molar-refractivity contribution is -0.143. The number of rotatable bonds is 4. The van der Waals surface area contributed by atoms with Crippen molar-refractivity contribution < 1.29 is 14.6 Å². The van der Waals surface area contributed by atoms with E-state index in [-0.39, 0.29) is 12.0 Å². The summed E-state index contributed by atoms with van der Waals surface area (Å²) in [6.45, 7) is 5.72. The second-order valence-corrected chi connectivity index (χ2v) is 6.43. The van der Waals surface area contributed by atoms with Crippen molar-refractivity contribution in [3.8, 4) is 0 Å². The van der Waals surface area contributed by atoms with Crippen molar-refractivity contribution in [3.05, 3.63) is 0 Å². The standard InChI is InChI=1S/C15H27NO3/c1-11(2)13-12(6-9-19-13)10-16-14(17)15(18)7-4-3-5-8-15/h11-13,18H,3-10H2,1-2H3,(H,16,17)/t12-,13-/m1/s1. The van der Waals surface area contributed by atoms with Crippen LogP contribution < -0.4 is 5.32 Å². The van der Waals surface area contributed by atoms with Gasteiger partial charge >= 0.3 is 0 Å². The van der Waals surface area contributed by atoms with Crippen molar-refractivity contribution in [1.29, 1.82) is 0 Å². The van der Waals surface area contributed by atoms with Crippen LogP contribution in [-0.4, -0.2) is 35.9 Å². The van der Waals surface area contributed by atoms with Gasteiger partial charge in [-0.3, -0.25) is 4.79 Å². The van der Waals surface area contributed by atoms with Crippen LogP contribution in [0.1, 0.15) is 52.4 Å².